The van der Waals surface area contributed by atoms with Crippen LogP contribution in [0.5, 0.6) is 0 Å². The van der Waals surface area contributed by atoms with Crippen LogP contribution in [0.25, 0.3) is 0 Å². The van der Waals surface area contributed by atoms with Crippen molar-refractivity contribution in [2.75, 3.05) is 0 Å². The fourth-order valence-corrected chi connectivity index (χ4v) is 2.60. The van der Waals surface area contributed by atoms with Gasteiger partial charge in [0, 0.05) is 6.54 Å². The average Bonchev–Trinajstić information content (AvgIpc) is 2.90. The first-order valence-electron chi connectivity index (χ1n) is 9.00. The van der Waals surface area contributed by atoms with Crippen LogP contribution in [-0.4, -0.2) is 15.0 Å². The zero-order chi connectivity index (χ0) is 15.5. The summed E-state index contributed by atoms with van der Waals surface area (Å²) >= 11 is 0. The second-order valence-corrected chi connectivity index (χ2v) is 6.95. The average molecular weight is 293 g/mol. The Balaban J connectivity index is 2.13. The third-order valence-corrected chi connectivity index (χ3v) is 4.44. The second-order valence-electron chi connectivity index (χ2n) is 6.95. The molecular weight excluding hydrogens is 258 g/mol. The summed E-state index contributed by atoms with van der Waals surface area (Å²) < 4.78 is 2.12. The molecule has 3 heteroatoms. The normalized spacial score (nSPS) is 13.0. The third kappa shape index (κ3) is 8.23. The number of nitrogens with zero attached hydrogens (tertiary/aromatic N) is 3. The summed E-state index contributed by atoms with van der Waals surface area (Å²) in [6.07, 6.45) is 13.7. The largest absolute Gasteiger partial charge is 0.249 e. The summed E-state index contributed by atoms with van der Waals surface area (Å²) in [5.74, 6) is 1.64. The molecular formula is C18H35N3. The first kappa shape index (κ1) is 18.2. The fourth-order valence-electron chi connectivity index (χ4n) is 2.60. The lowest BCUT2D eigenvalue weighted by molar-refractivity contribution is 0.433. The highest BCUT2D eigenvalue weighted by atomic mass is 15.4. The van der Waals surface area contributed by atoms with Gasteiger partial charge in [-0.05, 0) is 31.1 Å². The van der Waals surface area contributed by atoms with Crippen LogP contribution >= 0.6 is 0 Å². The van der Waals surface area contributed by atoms with Gasteiger partial charge in [-0.15, -0.1) is 5.10 Å². The van der Waals surface area contributed by atoms with Gasteiger partial charge in [0.1, 0.15) is 0 Å². The van der Waals surface area contributed by atoms with E-state index in [9.17, 15) is 0 Å². The zero-order valence-corrected chi connectivity index (χ0v) is 14.6. The predicted octanol–water partition coefficient (Wildman–Crippen LogP) is 5.25. The molecule has 122 valence electrons. The highest BCUT2D eigenvalue weighted by molar-refractivity contribution is 4.93. The van der Waals surface area contributed by atoms with Crippen LogP contribution < -0.4 is 0 Å². The van der Waals surface area contributed by atoms with E-state index in [0.29, 0.717) is 0 Å². The molecule has 21 heavy (non-hydrogen) atoms. The summed E-state index contributed by atoms with van der Waals surface area (Å²) in [7, 11) is 0. The van der Waals surface area contributed by atoms with Crippen LogP contribution in [0.4, 0.5) is 0 Å². The van der Waals surface area contributed by atoms with E-state index in [4.69, 9.17) is 0 Å². The Morgan fingerprint density at radius 3 is 2.43 bits per heavy atom. The van der Waals surface area contributed by atoms with Crippen molar-refractivity contribution in [1.82, 2.24) is 15.0 Å². The topological polar surface area (TPSA) is 30.7 Å². The van der Waals surface area contributed by atoms with Gasteiger partial charge < -0.3 is 0 Å². The van der Waals surface area contributed by atoms with E-state index in [-0.39, 0.29) is 0 Å². The van der Waals surface area contributed by atoms with Crippen molar-refractivity contribution in [3.05, 3.63) is 11.9 Å². The smallest absolute Gasteiger partial charge is 0.0725 e. The fraction of sp³-hybridized carbons (Fsp3) is 0.889. The monoisotopic (exact) mass is 293 g/mol. The van der Waals surface area contributed by atoms with Crippen LogP contribution in [0.2, 0.25) is 0 Å². The molecule has 0 aliphatic carbocycles. The quantitative estimate of drug-likeness (QED) is 0.492. The van der Waals surface area contributed by atoms with E-state index in [1.807, 2.05) is 6.20 Å². The number of rotatable bonds is 12. The Labute approximate surface area is 131 Å². The predicted molar refractivity (Wildman–Crippen MR) is 90.3 cm³/mol. The molecule has 0 spiro atoms. The Kier molecular flexibility index (Phi) is 9.36. The highest BCUT2D eigenvalue weighted by Crippen LogP contribution is 2.13. The van der Waals surface area contributed by atoms with Gasteiger partial charge >= 0.3 is 0 Å². The Bertz CT molecular complexity index is 357. The lowest BCUT2D eigenvalue weighted by atomic mass is 10.0. The van der Waals surface area contributed by atoms with Crippen molar-refractivity contribution in [2.24, 2.45) is 11.8 Å². The van der Waals surface area contributed by atoms with Gasteiger partial charge in [-0.1, -0.05) is 71.4 Å². The maximum Gasteiger partial charge on any atom is 0.0725 e. The molecule has 3 nitrogen and oxygen atoms in total. The van der Waals surface area contributed by atoms with Gasteiger partial charge in [0.25, 0.3) is 0 Å². The first-order chi connectivity index (χ1) is 10.1. The standard InChI is InChI=1S/C18H35N3/c1-5-17(4)13-14-21-18(15-19-20-21)12-10-8-6-7-9-11-16(2)3/h15-17H,5-14H2,1-4H3. The van der Waals surface area contributed by atoms with Gasteiger partial charge in [-0.25, -0.2) is 4.68 Å². The summed E-state index contributed by atoms with van der Waals surface area (Å²) in [6.45, 7) is 10.2. The number of unbranched alkanes of at least 4 members (excludes halogenated alkanes) is 4. The minimum atomic E-state index is 0.781. The molecule has 1 aromatic heterocycles. The molecule has 1 aromatic rings. The lowest BCUT2D eigenvalue weighted by Gasteiger charge is -2.10. The van der Waals surface area contributed by atoms with Gasteiger partial charge in [0.05, 0.1) is 11.9 Å². The van der Waals surface area contributed by atoms with Crippen molar-refractivity contribution in [3.8, 4) is 0 Å². The number of aryl methyl sites for hydroxylation is 2. The van der Waals surface area contributed by atoms with E-state index >= 15 is 0 Å². The van der Waals surface area contributed by atoms with Gasteiger partial charge in [0.2, 0.25) is 0 Å². The first-order valence-corrected chi connectivity index (χ1v) is 9.00. The summed E-state index contributed by atoms with van der Waals surface area (Å²) in [5, 5.41) is 8.32. The van der Waals surface area contributed by atoms with Crippen molar-refractivity contribution < 1.29 is 0 Å². The molecule has 0 aliphatic heterocycles. The van der Waals surface area contributed by atoms with E-state index in [2.05, 4.69) is 42.7 Å². The molecule has 0 bridgehead atoms. The van der Waals surface area contributed by atoms with Gasteiger partial charge in [0.15, 0.2) is 0 Å². The van der Waals surface area contributed by atoms with E-state index < -0.39 is 0 Å². The molecule has 1 atom stereocenters. The van der Waals surface area contributed by atoms with E-state index in [1.54, 1.807) is 0 Å². The van der Waals surface area contributed by atoms with Crippen molar-refractivity contribution in [2.45, 2.75) is 92.0 Å². The van der Waals surface area contributed by atoms with Crippen molar-refractivity contribution in [1.29, 1.82) is 0 Å². The SMILES string of the molecule is CCC(C)CCn1nncc1CCCCCCCC(C)C. The molecule has 1 heterocycles. The Hall–Kier alpha value is -0.860. The summed E-state index contributed by atoms with van der Waals surface area (Å²) in [6, 6.07) is 0. The molecule has 0 amide bonds. The molecule has 0 aliphatic rings. The number of hydrogen-bond donors (Lipinski definition) is 0. The van der Waals surface area contributed by atoms with Crippen LogP contribution in [0.3, 0.4) is 0 Å². The van der Waals surface area contributed by atoms with Gasteiger partial charge in [-0.2, -0.15) is 0 Å². The van der Waals surface area contributed by atoms with E-state index in [1.165, 1.54) is 57.1 Å². The van der Waals surface area contributed by atoms with Crippen molar-refractivity contribution in [3.63, 3.8) is 0 Å². The molecule has 0 saturated carbocycles. The molecule has 0 N–H and O–H groups in total. The molecule has 1 rings (SSSR count). The molecule has 0 aromatic carbocycles. The van der Waals surface area contributed by atoms with Gasteiger partial charge in [-0.3, -0.25) is 0 Å². The minimum absolute atomic E-state index is 0.781. The summed E-state index contributed by atoms with van der Waals surface area (Å²) in [5.41, 5.74) is 1.32. The zero-order valence-electron chi connectivity index (χ0n) is 14.6. The molecule has 0 saturated heterocycles. The second kappa shape index (κ2) is 10.8. The molecule has 1 unspecified atom stereocenters. The van der Waals surface area contributed by atoms with E-state index in [0.717, 1.165) is 24.8 Å². The maximum absolute atomic E-state index is 4.24. The molecule has 0 radical (unpaired) electrons. The van der Waals surface area contributed by atoms with Crippen LogP contribution in [0.1, 0.15) is 84.8 Å². The Morgan fingerprint density at radius 2 is 1.71 bits per heavy atom. The van der Waals surface area contributed by atoms with Crippen LogP contribution in [-0.2, 0) is 13.0 Å². The summed E-state index contributed by atoms with van der Waals surface area (Å²) in [4.78, 5) is 0. The van der Waals surface area contributed by atoms with Crippen LogP contribution in [0.15, 0.2) is 6.20 Å². The minimum Gasteiger partial charge on any atom is -0.249 e. The Morgan fingerprint density at radius 1 is 1.00 bits per heavy atom. The lowest BCUT2D eigenvalue weighted by Crippen LogP contribution is -2.08. The van der Waals surface area contributed by atoms with Crippen molar-refractivity contribution >= 4 is 0 Å². The van der Waals surface area contributed by atoms with Crippen LogP contribution in [0, 0.1) is 11.8 Å². The number of hydrogen-bond acceptors (Lipinski definition) is 2. The highest BCUT2D eigenvalue weighted by Gasteiger charge is 2.06. The third-order valence-electron chi connectivity index (χ3n) is 4.44. The molecule has 0 fully saturated rings. The maximum atomic E-state index is 4.24. The number of aromatic nitrogens is 3.